The first kappa shape index (κ1) is 15.7. The molecule has 1 saturated heterocycles. The monoisotopic (exact) mass is 319 g/mol. The van der Waals surface area contributed by atoms with E-state index in [1.165, 1.54) is 0 Å². The zero-order valence-corrected chi connectivity index (χ0v) is 13.8. The Morgan fingerprint density at radius 3 is 2.74 bits per heavy atom. The fourth-order valence-corrected chi connectivity index (χ4v) is 3.18. The van der Waals surface area contributed by atoms with E-state index in [-0.39, 0.29) is 17.7 Å². The molecule has 0 bridgehead atoms. The molecule has 0 N–H and O–H groups in total. The number of hydrogen-bond donors (Lipinski definition) is 0. The van der Waals surface area contributed by atoms with E-state index in [4.69, 9.17) is 13.7 Å². The van der Waals surface area contributed by atoms with Gasteiger partial charge in [-0.05, 0) is 26.8 Å². The Kier molecular flexibility index (Phi) is 4.21. The molecule has 7 heteroatoms. The van der Waals surface area contributed by atoms with Crippen molar-refractivity contribution in [3.8, 4) is 0 Å². The molecular formula is C16H21N3O4. The SMILES string of the molecule is COC[C@@H]1CN(C(=O)c2cc(C)oc2C)C[C@H]1c1nc(C)no1. The number of rotatable bonds is 4. The van der Waals surface area contributed by atoms with Crippen LogP contribution < -0.4 is 0 Å². The van der Waals surface area contributed by atoms with Gasteiger partial charge in [0.15, 0.2) is 5.82 Å². The Hall–Kier alpha value is -2.15. The van der Waals surface area contributed by atoms with Gasteiger partial charge < -0.3 is 18.6 Å². The van der Waals surface area contributed by atoms with Crippen molar-refractivity contribution in [2.75, 3.05) is 26.8 Å². The number of methoxy groups -OCH3 is 1. The molecule has 1 aliphatic rings. The van der Waals surface area contributed by atoms with Gasteiger partial charge in [-0.2, -0.15) is 4.98 Å². The first-order chi connectivity index (χ1) is 11.0. The molecule has 1 amide bonds. The van der Waals surface area contributed by atoms with Crippen LogP contribution >= 0.6 is 0 Å². The van der Waals surface area contributed by atoms with E-state index in [0.29, 0.717) is 42.7 Å². The van der Waals surface area contributed by atoms with Gasteiger partial charge >= 0.3 is 0 Å². The van der Waals surface area contributed by atoms with E-state index in [1.807, 2.05) is 18.7 Å². The number of aromatic nitrogens is 2. The third-order valence-electron chi connectivity index (χ3n) is 4.24. The van der Waals surface area contributed by atoms with Crippen molar-refractivity contribution in [1.29, 1.82) is 0 Å². The molecule has 2 atom stereocenters. The fraction of sp³-hybridized carbons (Fsp3) is 0.562. The van der Waals surface area contributed by atoms with Crippen LogP contribution in [0.2, 0.25) is 0 Å². The first-order valence-corrected chi connectivity index (χ1v) is 7.65. The fourth-order valence-electron chi connectivity index (χ4n) is 3.18. The molecule has 0 radical (unpaired) electrons. The van der Waals surface area contributed by atoms with Crippen molar-refractivity contribution in [3.63, 3.8) is 0 Å². The Morgan fingerprint density at radius 1 is 1.39 bits per heavy atom. The summed E-state index contributed by atoms with van der Waals surface area (Å²) in [5.41, 5.74) is 0.612. The third kappa shape index (κ3) is 3.01. The lowest BCUT2D eigenvalue weighted by Gasteiger charge is -2.15. The van der Waals surface area contributed by atoms with Gasteiger partial charge in [0.1, 0.15) is 11.5 Å². The predicted octanol–water partition coefficient (Wildman–Crippen LogP) is 2.09. The molecular weight excluding hydrogens is 298 g/mol. The van der Waals surface area contributed by atoms with Crippen molar-refractivity contribution >= 4 is 5.91 Å². The van der Waals surface area contributed by atoms with Gasteiger partial charge in [-0.15, -0.1) is 0 Å². The highest BCUT2D eigenvalue weighted by atomic mass is 16.5. The Balaban J connectivity index is 1.82. The van der Waals surface area contributed by atoms with E-state index in [1.54, 1.807) is 20.1 Å². The van der Waals surface area contributed by atoms with Gasteiger partial charge in [0.2, 0.25) is 5.89 Å². The summed E-state index contributed by atoms with van der Waals surface area (Å²) in [6, 6.07) is 1.78. The van der Waals surface area contributed by atoms with E-state index >= 15 is 0 Å². The second-order valence-electron chi connectivity index (χ2n) is 6.04. The van der Waals surface area contributed by atoms with E-state index < -0.39 is 0 Å². The summed E-state index contributed by atoms with van der Waals surface area (Å²) < 4.78 is 16.1. The normalized spacial score (nSPS) is 21.1. The Labute approximate surface area is 134 Å². The molecule has 23 heavy (non-hydrogen) atoms. The highest BCUT2D eigenvalue weighted by molar-refractivity contribution is 5.95. The molecule has 1 fully saturated rings. The average Bonchev–Trinajstić information content (AvgIpc) is 3.18. The van der Waals surface area contributed by atoms with Crippen LogP contribution in [-0.4, -0.2) is 47.8 Å². The standard InChI is InChI=1S/C16H21N3O4/c1-9-5-13(10(2)22-9)16(20)19-6-12(8-21-4)14(7-19)15-17-11(3)18-23-15/h5,12,14H,6-8H2,1-4H3/t12-,14+/m0/s1. The molecule has 0 unspecified atom stereocenters. The van der Waals surface area contributed by atoms with Gasteiger partial charge in [0.05, 0.1) is 18.1 Å². The average molecular weight is 319 g/mol. The lowest BCUT2D eigenvalue weighted by Crippen LogP contribution is -2.29. The van der Waals surface area contributed by atoms with Crippen molar-refractivity contribution in [2.45, 2.75) is 26.7 Å². The number of aryl methyl sites for hydroxylation is 3. The number of furan rings is 1. The quantitative estimate of drug-likeness (QED) is 0.858. The summed E-state index contributed by atoms with van der Waals surface area (Å²) in [6.07, 6.45) is 0. The summed E-state index contributed by atoms with van der Waals surface area (Å²) >= 11 is 0. The van der Waals surface area contributed by atoms with Crippen LogP contribution in [0.5, 0.6) is 0 Å². The van der Waals surface area contributed by atoms with E-state index in [9.17, 15) is 4.79 Å². The maximum atomic E-state index is 12.8. The number of ether oxygens (including phenoxy) is 1. The molecule has 7 nitrogen and oxygen atoms in total. The molecule has 0 aliphatic carbocycles. The van der Waals surface area contributed by atoms with Crippen LogP contribution in [0.3, 0.4) is 0 Å². The highest BCUT2D eigenvalue weighted by Crippen LogP contribution is 2.33. The van der Waals surface area contributed by atoms with Crippen molar-refractivity contribution in [1.82, 2.24) is 15.0 Å². The summed E-state index contributed by atoms with van der Waals surface area (Å²) in [7, 11) is 1.66. The molecule has 0 spiro atoms. The van der Waals surface area contributed by atoms with Gasteiger partial charge in [0.25, 0.3) is 5.91 Å². The van der Waals surface area contributed by atoms with Crippen molar-refractivity contribution < 1.29 is 18.5 Å². The lowest BCUT2D eigenvalue weighted by molar-refractivity contribution is 0.0773. The zero-order valence-electron chi connectivity index (χ0n) is 13.8. The van der Waals surface area contributed by atoms with Gasteiger partial charge in [0, 0.05) is 26.1 Å². The molecule has 2 aromatic heterocycles. The second-order valence-corrected chi connectivity index (χ2v) is 6.04. The van der Waals surface area contributed by atoms with Crippen molar-refractivity contribution in [2.24, 2.45) is 5.92 Å². The maximum Gasteiger partial charge on any atom is 0.257 e. The minimum absolute atomic E-state index is 0.00611. The van der Waals surface area contributed by atoms with Crippen LogP contribution in [-0.2, 0) is 4.74 Å². The second kappa shape index (κ2) is 6.16. The number of hydrogen-bond acceptors (Lipinski definition) is 6. The number of likely N-dealkylation sites (tertiary alicyclic amines) is 1. The maximum absolute atomic E-state index is 12.8. The Morgan fingerprint density at radius 2 is 2.17 bits per heavy atom. The number of amides is 1. The van der Waals surface area contributed by atoms with Crippen LogP contribution in [0.1, 0.15) is 39.5 Å². The topological polar surface area (TPSA) is 81.6 Å². The number of carbonyl (C=O) groups excluding carboxylic acids is 1. The molecule has 0 aromatic carbocycles. The van der Waals surface area contributed by atoms with Crippen molar-refractivity contribution in [3.05, 3.63) is 34.9 Å². The summed E-state index contributed by atoms with van der Waals surface area (Å²) in [4.78, 5) is 18.9. The molecule has 1 aliphatic heterocycles. The molecule has 0 saturated carbocycles. The first-order valence-electron chi connectivity index (χ1n) is 7.65. The summed E-state index contributed by atoms with van der Waals surface area (Å²) in [6.45, 7) is 7.11. The lowest BCUT2D eigenvalue weighted by atomic mass is 9.97. The minimum atomic E-state index is -0.0285. The zero-order chi connectivity index (χ0) is 16.6. The molecule has 3 rings (SSSR count). The van der Waals surface area contributed by atoms with E-state index in [2.05, 4.69) is 10.1 Å². The molecule has 3 heterocycles. The molecule has 124 valence electrons. The van der Waals surface area contributed by atoms with Gasteiger partial charge in [-0.1, -0.05) is 5.16 Å². The highest BCUT2D eigenvalue weighted by Gasteiger charge is 2.40. The van der Waals surface area contributed by atoms with Crippen LogP contribution in [0, 0.1) is 26.7 Å². The number of nitrogens with zero attached hydrogens (tertiary/aromatic N) is 3. The predicted molar refractivity (Wildman–Crippen MR) is 81.2 cm³/mol. The summed E-state index contributed by atoms with van der Waals surface area (Å²) in [5.74, 6) is 2.65. The van der Waals surface area contributed by atoms with Crippen LogP contribution in [0.25, 0.3) is 0 Å². The third-order valence-corrected chi connectivity index (χ3v) is 4.24. The smallest absolute Gasteiger partial charge is 0.257 e. The largest absolute Gasteiger partial charge is 0.466 e. The summed E-state index contributed by atoms with van der Waals surface area (Å²) in [5, 5.41) is 3.86. The Bertz CT molecular complexity index is 706. The number of carbonyl (C=O) groups is 1. The van der Waals surface area contributed by atoms with Crippen LogP contribution in [0.4, 0.5) is 0 Å². The molecule has 2 aromatic rings. The van der Waals surface area contributed by atoms with Gasteiger partial charge in [-0.25, -0.2) is 0 Å². The van der Waals surface area contributed by atoms with Gasteiger partial charge in [-0.3, -0.25) is 4.79 Å². The van der Waals surface area contributed by atoms with Crippen LogP contribution in [0.15, 0.2) is 15.0 Å². The van der Waals surface area contributed by atoms with E-state index in [0.717, 1.165) is 5.76 Å². The minimum Gasteiger partial charge on any atom is -0.466 e.